The topological polar surface area (TPSA) is 26.0 Å². The van der Waals surface area contributed by atoms with Gasteiger partial charge in [-0.2, -0.15) is 0 Å². The molecule has 0 aliphatic heterocycles. The molecule has 0 heterocycles. The molecule has 0 fully saturated rings. The van der Waals surface area contributed by atoms with E-state index in [1.54, 1.807) is 0 Å². The van der Waals surface area contributed by atoms with Crippen molar-refractivity contribution in [2.75, 3.05) is 0 Å². The van der Waals surface area contributed by atoms with Gasteiger partial charge in [-0.05, 0) is 35.6 Å². The summed E-state index contributed by atoms with van der Waals surface area (Å²) in [4.78, 5) is 0. The maximum Gasteiger partial charge on any atom is 0.0409 e. The highest BCUT2D eigenvalue weighted by Gasteiger charge is 2.24. The lowest BCUT2D eigenvalue weighted by Crippen LogP contribution is -2.05. The van der Waals surface area contributed by atoms with E-state index in [0.29, 0.717) is 5.92 Å². The number of hydrogen-bond donors (Lipinski definition) is 1. The van der Waals surface area contributed by atoms with Crippen LogP contribution in [-0.2, 0) is 0 Å². The van der Waals surface area contributed by atoms with Crippen LogP contribution in [0.3, 0.4) is 0 Å². The Morgan fingerprint density at radius 3 is 2.92 bits per heavy atom. The maximum atomic E-state index is 5.95. The first kappa shape index (κ1) is 8.09. The second-order valence-corrected chi connectivity index (χ2v) is 3.95. The van der Waals surface area contributed by atoms with Crippen LogP contribution in [0, 0.1) is 0 Å². The minimum Gasteiger partial charge on any atom is -0.324 e. The summed E-state index contributed by atoms with van der Waals surface area (Å²) < 4.78 is 0. The zero-order valence-corrected chi connectivity index (χ0v) is 7.81. The Balaban J connectivity index is 2.53. The molecule has 1 nitrogen and oxygen atoms in total. The third kappa shape index (κ3) is 1.13. The SMILES string of the molecule is CC1CC(N)c2cc(Cl)ccc21. The van der Waals surface area contributed by atoms with Crippen LogP contribution in [0.1, 0.15) is 36.4 Å². The Bertz CT molecular complexity index is 309. The summed E-state index contributed by atoms with van der Waals surface area (Å²) in [6.07, 6.45) is 1.05. The Morgan fingerprint density at radius 2 is 2.17 bits per heavy atom. The van der Waals surface area contributed by atoms with E-state index < -0.39 is 0 Å². The standard InChI is InChI=1S/C10H12ClN/c1-6-4-10(12)9-5-7(11)2-3-8(6)9/h2-3,5-6,10H,4,12H2,1H3. The molecule has 0 aromatic heterocycles. The van der Waals surface area contributed by atoms with Gasteiger partial charge in [-0.25, -0.2) is 0 Å². The van der Waals surface area contributed by atoms with Gasteiger partial charge in [-0.1, -0.05) is 24.6 Å². The molecule has 2 unspecified atom stereocenters. The number of halogens is 1. The van der Waals surface area contributed by atoms with E-state index >= 15 is 0 Å². The molecule has 0 saturated carbocycles. The van der Waals surface area contributed by atoms with E-state index in [4.69, 9.17) is 17.3 Å². The first-order valence-electron chi connectivity index (χ1n) is 4.23. The van der Waals surface area contributed by atoms with Gasteiger partial charge < -0.3 is 5.73 Å². The largest absolute Gasteiger partial charge is 0.324 e. The molecule has 0 amide bonds. The number of fused-ring (bicyclic) bond motifs is 1. The van der Waals surface area contributed by atoms with E-state index in [2.05, 4.69) is 13.0 Å². The van der Waals surface area contributed by atoms with Gasteiger partial charge in [0.2, 0.25) is 0 Å². The quantitative estimate of drug-likeness (QED) is 0.655. The smallest absolute Gasteiger partial charge is 0.0409 e. The average Bonchev–Trinajstić information content (AvgIpc) is 2.28. The minimum atomic E-state index is 0.189. The predicted octanol–water partition coefficient (Wildman–Crippen LogP) is 2.85. The maximum absolute atomic E-state index is 5.95. The van der Waals surface area contributed by atoms with Gasteiger partial charge in [0.1, 0.15) is 0 Å². The molecule has 64 valence electrons. The molecule has 1 aliphatic carbocycles. The lowest BCUT2D eigenvalue weighted by molar-refractivity contribution is 0.640. The fourth-order valence-corrected chi connectivity index (χ4v) is 2.13. The van der Waals surface area contributed by atoms with Crippen molar-refractivity contribution in [1.29, 1.82) is 0 Å². The predicted molar refractivity (Wildman–Crippen MR) is 51.4 cm³/mol. The molecule has 1 aromatic carbocycles. The van der Waals surface area contributed by atoms with E-state index in [-0.39, 0.29) is 6.04 Å². The number of nitrogens with two attached hydrogens (primary N) is 1. The van der Waals surface area contributed by atoms with Crippen LogP contribution >= 0.6 is 11.6 Å². The highest BCUT2D eigenvalue weighted by Crippen LogP contribution is 2.39. The van der Waals surface area contributed by atoms with Crippen LogP contribution in [0.2, 0.25) is 5.02 Å². The van der Waals surface area contributed by atoms with Crippen LogP contribution in [0.4, 0.5) is 0 Å². The van der Waals surface area contributed by atoms with E-state index in [0.717, 1.165) is 11.4 Å². The van der Waals surface area contributed by atoms with Gasteiger partial charge in [0.15, 0.2) is 0 Å². The van der Waals surface area contributed by atoms with Gasteiger partial charge in [0.05, 0.1) is 0 Å². The van der Waals surface area contributed by atoms with Gasteiger partial charge in [-0.15, -0.1) is 0 Å². The van der Waals surface area contributed by atoms with Crippen molar-refractivity contribution in [3.8, 4) is 0 Å². The van der Waals surface area contributed by atoms with E-state index in [9.17, 15) is 0 Å². The molecule has 12 heavy (non-hydrogen) atoms. The summed E-state index contributed by atoms with van der Waals surface area (Å²) >= 11 is 5.88. The van der Waals surface area contributed by atoms with Crippen molar-refractivity contribution in [1.82, 2.24) is 0 Å². The molecule has 2 heteroatoms. The molecule has 0 bridgehead atoms. The summed E-state index contributed by atoms with van der Waals surface area (Å²) in [7, 11) is 0. The Morgan fingerprint density at radius 1 is 1.42 bits per heavy atom. The molecule has 2 rings (SSSR count). The number of hydrogen-bond acceptors (Lipinski definition) is 1. The zero-order chi connectivity index (χ0) is 8.72. The van der Waals surface area contributed by atoms with Crippen molar-refractivity contribution in [3.63, 3.8) is 0 Å². The third-order valence-corrected chi connectivity index (χ3v) is 2.82. The summed E-state index contributed by atoms with van der Waals surface area (Å²) in [5.74, 6) is 0.590. The van der Waals surface area contributed by atoms with Gasteiger partial charge in [-0.3, -0.25) is 0 Å². The molecule has 0 saturated heterocycles. The van der Waals surface area contributed by atoms with Crippen molar-refractivity contribution in [3.05, 3.63) is 34.3 Å². The summed E-state index contributed by atoms with van der Waals surface area (Å²) in [6, 6.07) is 6.21. The van der Waals surface area contributed by atoms with Crippen LogP contribution in [0.25, 0.3) is 0 Å². The lowest BCUT2D eigenvalue weighted by Gasteiger charge is -2.04. The van der Waals surface area contributed by atoms with Crippen molar-refractivity contribution < 1.29 is 0 Å². The lowest BCUT2D eigenvalue weighted by atomic mass is 10.0. The molecule has 2 atom stereocenters. The number of rotatable bonds is 0. The van der Waals surface area contributed by atoms with Gasteiger partial charge >= 0.3 is 0 Å². The second kappa shape index (κ2) is 2.75. The zero-order valence-electron chi connectivity index (χ0n) is 7.05. The van der Waals surface area contributed by atoms with Crippen LogP contribution in [0.5, 0.6) is 0 Å². The van der Waals surface area contributed by atoms with Crippen LogP contribution in [0.15, 0.2) is 18.2 Å². The molecule has 2 N–H and O–H groups in total. The molecule has 0 spiro atoms. The molecule has 0 radical (unpaired) electrons. The van der Waals surface area contributed by atoms with Crippen LogP contribution in [-0.4, -0.2) is 0 Å². The average molecular weight is 182 g/mol. The van der Waals surface area contributed by atoms with Crippen molar-refractivity contribution in [2.24, 2.45) is 5.73 Å². The summed E-state index contributed by atoms with van der Waals surface area (Å²) in [5, 5.41) is 0.790. The highest BCUT2D eigenvalue weighted by atomic mass is 35.5. The normalized spacial score (nSPS) is 27.2. The Hall–Kier alpha value is -0.530. The Labute approximate surface area is 77.5 Å². The Kier molecular flexibility index (Phi) is 1.85. The van der Waals surface area contributed by atoms with Gasteiger partial charge in [0, 0.05) is 11.1 Å². The minimum absolute atomic E-state index is 0.189. The van der Waals surface area contributed by atoms with E-state index in [1.807, 2.05) is 12.1 Å². The molecule has 1 aliphatic rings. The number of benzene rings is 1. The molecule has 1 aromatic rings. The fraction of sp³-hybridized carbons (Fsp3) is 0.400. The monoisotopic (exact) mass is 181 g/mol. The molecular weight excluding hydrogens is 170 g/mol. The third-order valence-electron chi connectivity index (χ3n) is 2.59. The molecular formula is C10H12ClN. The first-order chi connectivity index (χ1) is 5.68. The summed E-state index contributed by atoms with van der Waals surface area (Å²) in [6.45, 7) is 2.21. The van der Waals surface area contributed by atoms with E-state index in [1.165, 1.54) is 11.1 Å². The van der Waals surface area contributed by atoms with Crippen molar-refractivity contribution in [2.45, 2.75) is 25.3 Å². The highest BCUT2D eigenvalue weighted by molar-refractivity contribution is 6.30. The van der Waals surface area contributed by atoms with Crippen LogP contribution < -0.4 is 5.73 Å². The first-order valence-corrected chi connectivity index (χ1v) is 4.61. The summed E-state index contributed by atoms with van der Waals surface area (Å²) in [5.41, 5.74) is 8.55. The van der Waals surface area contributed by atoms with Crippen molar-refractivity contribution >= 4 is 11.6 Å². The van der Waals surface area contributed by atoms with Gasteiger partial charge in [0.25, 0.3) is 0 Å². The fourth-order valence-electron chi connectivity index (χ4n) is 1.95. The second-order valence-electron chi connectivity index (χ2n) is 3.52.